The standard InChI is InChI=1S/C18H22FN3O.HI/c1-20-18(21-11-10-14-6-8-17(19)9-7-14)22-12-15-4-2-3-5-16(15)13-23;/h2-9,23H,10-13H2,1H3,(H2,20,21,22);1H. The number of nitrogens with one attached hydrogen (secondary N) is 2. The van der Waals surface area contributed by atoms with E-state index in [0.29, 0.717) is 19.0 Å². The van der Waals surface area contributed by atoms with E-state index in [-0.39, 0.29) is 36.4 Å². The topological polar surface area (TPSA) is 56.7 Å². The molecule has 0 bridgehead atoms. The van der Waals surface area contributed by atoms with Crippen LogP contribution in [0.5, 0.6) is 0 Å². The number of hydrogen-bond donors (Lipinski definition) is 3. The van der Waals surface area contributed by atoms with Gasteiger partial charge in [0.2, 0.25) is 0 Å². The van der Waals surface area contributed by atoms with Gasteiger partial charge in [0, 0.05) is 20.1 Å². The molecule has 4 nitrogen and oxygen atoms in total. The zero-order chi connectivity index (χ0) is 16.5. The van der Waals surface area contributed by atoms with Gasteiger partial charge in [-0.15, -0.1) is 24.0 Å². The first kappa shape index (κ1) is 20.4. The molecule has 2 rings (SSSR count). The van der Waals surface area contributed by atoms with E-state index < -0.39 is 0 Å². The summed E-state index contributed by atoms with van der Waals surface area (Å²) in [6, 6.07) is 14.2. The Morgan fingerprint density at radius 2 is 1.71 bits per heavy atom. The summed E-state index contributed by atoms with van der Waals surface area (Å²) in [4.78, 5) is 4.18. The van der Waals surface area contributed by atoms with Crippen molar-refractivity contribution >= 4 is 29.9 Å². The third kappa shape index (κ3) is 6.45. The summed E-state index contributed by atoms with van der Waals surface area (Å²) < 4.78 is 12.9. The molecule has 130 valence electrons. The minimum atomic E-state index is -0.221. The Morgan fingerprint density at radius 1 is 1.04 bits per heavy atom. The second-order valence-corrected chi connectivity index (χ2v) is 5.16. The summed E-state index contributed by atoms with van der Waals surface area (Å²) >= 11 is 0. The third-order valence-electron chi connectivity index (χ3n) is 3.58. The summed E-state index contributed by atoms with van der Waals surface area (Å²) in [7, 11) is 1.71. The molecule has 0 saturated heterocycles. The first-order chi connectivity index (χ1) is 11.2. The maximum atomic E-state index is 12.9. The molecule has 6 heteroatoms. The predicted molar refractivity (Wildman–Crippen MR) is 106 cm³/mol. The van der Waals surface area contributed by atoms with E-state index in [9.17, 15) is 9.50 Å². The SMILES string of the molecule is CN=C(NCCc1ccc(F)cc1)NCc1ccccc1CO.I. The highest BCUT2D eigenvalue weighted by molar-refractivity contribution is 14.0. The van der Waals surface area contributed by atoms with Crippen molar-refractivity contribution in [3.05, 3.63) is 71.0 Å². The molecule has 0 amide bonds. The van der Waals surface area contributed by atoms with Crippen LogP contribution in [0.25, 0.3) is 0 Å². The number of nitrogens with zero attached hydrogens (tertiary/aromatic N) is 1. The molecule has 3 N–H and O–H groups in total. The Labute approximate surface area is 159 Å². The van der Waals surface area contributed by atoms with E-state index in [2.05, 4.69) is 15.6 Å². The molecule has 0 saturated carbocycles. The Morgan fingerprint density at radius 3 is 2.33 bits per heavy atom. The molecule has 2 aromatic rings. The van der Waals surface area contributed by atoms with Crippen LogP contribution in [-0.2, 0) is 19.6 Å². The van der Waals surface area contributed by atoms with E-state index in [1.165, 1.54) is 12.1 Å². The van der Waals surface area contributed by atoms with Crippen molar-refractivity contribution in [1.82, 2.24) is 10.6 Å². The van der Waals surface area contributed by atoms with Crippen molar-refractivity contribution in [2.45, 2.75) is 19.6 Å². The van der Waals surface area contributed by atoms with Crippen LogP contribution in [0.3, 0.4) is 0 Å². The van der Waals surface area contributed by atoms with Crippen LogP contribution in [0.4, 0.5) is 4.39 Å². The van der Waals surface area contributed by atoms with E-state index in [1.54, 1.807) is 19.2 Å². The predicted octanol–water partition coefficient (Wildman–Crippen LogP) is 2.84. The number of benzene rings is 2. The van der Waals surface area contributed by atoms with Gasteiger partial charge >= 0.3 is 0 Å². The second-order valence-electron chi connectivity index (χ2n) is 5.16. The lowest BCUT2D eigenvalue weighted by molar-refractivity contribution is 0.280. The summed E-state index contributed by atoms with van der Waals surface area (Å²) in [5.41, 5.74) is 3.01. The Kier molecular flexibility index (Phi) is 9.33. The van der Waals surface area contributed by atoms with Gasteiger partial charge in [0.05, 0.1) is 6.61 Å². The minimum absolute atomic E-state index is 0. The highest BCUT2D eigenvalue weighted by atomic mass is 127. The molecule has 0 aliphatic heterocycles. The van der Waals surface area contributed by atoms with Crippen molar-refractivity contribution in [3.63, 3.8) is 0 Å². The van der Waals surface area contributed by atoms with Gasteiger partial charge in [-0.2, -0.15) is 0 Å². The average molecular weight is 443 g/mol. The highest BCUT2D eigenvalue weighted by Crippen LogP contribution is 2.08. The fourth-order valence-corrected chi connectivity index (χ4v) is 2.26. The molecule has 0 spiro atoms. The van der Waals surface area contributed by atoms with Gasteiger partial charge in [-0.3, -0.25) is 4.99 Å². The first-order valence-electron chi connectivity index (χ1n) is 7.59. The fourth-order valence-electron chi connectivity index (χ4n) is 2.26. The van der Waals surface area contributed by atoms with Gasteiger partial charge in [0.1, 0.15) is 5.82 Å². The van der Waals surface area contributed by atoms with E-state index in [4.69, 9.17) is 0 Å². The number of aliphatic hydroxyl groups is 1. The van der Waals surface area contributed by atoms with Crippen molar-refractivity contribution < 1.29 is 9.50 Å². The minimum Gasteiger partial charge on any atom is -0.392 e. The molecular formula is C18H23FIN3O. The van der Waals surface area contributed by atoms with Crippen LogP contribution in [0.2, 0.25) is 0 Å². The van der Waals surface area contributed by atoms with E-state index in [1.807, 2.05) is 24.3 Å². The quantitative estimate of drug-likeness (QED) is 0.366. The normalized spacial score (nSPS) is 10.9. The van der Waals surface area contributed by atoms with Gasteiger partial charge in [0.25, 0.3) is 0 Å². The van der Waals surface area contributed by atoms with Crippen LogP contribution < -0.4 is 10.6 Å². The average Bonchev–Trinajstić information content (AvgIpc) is 2.59. The molecule has 2 aromatic carbocycles. The summed E-state index contributed by atoms with van der Waals surface area (Å²) in [6.07, 6.45) is 0.786. The summed E-state index contributed by atoms with van der Waals surface area (Å²) in [5.74, 6) is 0.474. The first-order valence-corrected chi connectivity index (χ1v) is 7.59. The fraction of sp³-hybridized carbons (Fsp3) is 0.278. The molecule has 0 aliphatic rings. The van der Waals surface area contributed by atoms with Crippen LogP contribution >= 0.6 is 24.0 Å². The zero-order valence-corrected chi connectivity index (χ0v) is 16.0. The van der Waals surface area contributed by atoms with Gasteiger partial charge in [-0.25, -0.2) is 4.39 Å². The lowest BCUT2D eigenvalue weighted by Crippen LogP contribution is -2.38. The van der Waals surface area contributed by atoms with Gasteiger partial charge < -0.3 is 15.7 Å². The second kappa shape index (κ2) is 11.0. The lowest BCUT2D eigenvalue weighted by atomic mass is 10.1. The number of aliphatic imine (C=N–C) groups is 1. The molecule has 0 fully saturated rings. The summed E-state index contributed by atoms with van der Waals surface area (Å²) in [6.45, 7) is 1.31. The Bertz CT molecular complexity index is 647. The van der Waals surface area contributed by atoms with Crippen LogP contribution in [0.15, 0.2) is 53.5 Å². The molecule has 24 heavy (non-hydrogen) atoms. The molecular weight excluding hydrogens is 420 g/mol. The van der Waals surface area contributed by atoms with Crippen molar-refractivity contribution in [1.29, 1.82) is 0 Å². The molecule has 0 heterocycles. The van der Waals surface area contributed by atoms with Gasteiger partial charge in [-0.05, 0) is 35.2 Å². The number of hydrogen-bond acceptors (Lipinski definition) is 2. The zero-order valence-electron chi connectivity index (χ0n) is 13.6. The van der Waals surface area contributed by atoms with E-state index >= 15 is 0 Å². The van der Waals surface area contributed by atoms with Crippen molar-refractivity contribution in [3.8, 4) is 0 Å². The highest BCUT2D eigenvalue weighted by Gasteiger charge is 2.02. The van der Waals surface area contributed by atoms with Crippen LogP contribution in [0, 0.1) is 5.82 Å². The number of rotatable bonds is 6. The monoisotopic (exact) mass is 443 g/mol. The molecule has 0 unspecified atom stereocenters. The van der Waals surface area contributed by atoms with Gasteiger partial charge in [0.15, 0.2) is 5.96 Å². The van der Waals surface area contributed by atoms with Crippen LogP contribution in [-0.4, -0.2) is 24.7 Å². The Balaban J connectivity index is 0.00000288. The lowest BCUT2D eigenvalue weighted by Gasteiger charge is -2.13. The largest absolute Gasteiger partial charge is 0.392 e. The molecule has 0 atom stereocenters. The molecule has 0 aliphatic carbocycles. The smallest absolute Gasteiger partial charge is 0.191 e. The maximum absolute atomic E-state index is 12.9. The third-order valence-corrected chi connectivity index (χ3v) is 3.58. The summed E-state index contributed by atoms with van der Waals surface area (Å²) in [5, 5.41) is 15.8. The molecule has 0 radical (unpaired) electrons. The van der Waals surface area contributed by atoms with E-state index in [0.717, 1.165) is 23.1 Å². The maximum Gasteiger partial charge on any atom is 0.191 e. The number of aliphatic hydroxyl groups excluding tert-OH is 1. The van der Waals surface area contributed by atoms with Crippen LogP contribution in [0.1, 0.15) is 16.7 Å². The number of halogens is 2. The van der Waals surface area contributed by atoms with Gasteiger partial charge in [-0.1, -0.05) is 36.4 Å². The Hall–Kier alpha value is -1.67. The number of guanidine groups is 1. The van der Waals surface area contributed by atoms with Crippen molar-refractivity contribution in [2.24, 2.45) is 4.99 Å². The molecule has 0 aromatic heterocycles. The van der Waals surface area contributed by atoms with Crippen molar-refractivity contribution in [2.75, 3.05) is 13.6 Å².